The van der Waals surface area contributed by atoms with Crippen LogP contribution in [0.5, 0.6) is 5.75 Å². The number of aliphatic hydroxyl groups excluding tert-OH is 1. The number of fused-ring (bicyclic) bond motifs is 1. The van der Waals surface area contributed by atoms with Crippen LogP contribution in [0.2, 0.25) is 0 Å². The first kappa shape index (κ1) is 19.8. The quantitative estimate of drug-likeness (QED) is 0.746. The number of halogens is 3. The van der Waals surface area contributed by atoms with Crippen molar-refractivity contribution in [1.82, 2.24) is 9.13 Å². The molecule has 9 heteroatoms. The van der Waals surface area contributed by atoms with E-state index < -0.39 is 35.8 Å². The molecule has 6 nitrogen and oxygen atoms in total. The second-order valence-electron chi connectivity index (χ2n) is 7.32. The maximum atomic E-state index is 13.8. The zero-order valence-corrected chi connectivity index (χ0v) is 15.2. The lowest BCUT2D eigenvalue weighted by Crippen LogP contribution is -2.45. The molecule has 0 spiro atoms. The van der Waals surface area contributed by atoms with Gasteiger partial charge in [0.2, 0.25) is 0 Å². The molecule has 0 aliphatic heterocycles. The predicted molar refractivity (Wildman–Crippen MR) is 92.7 cm³/mol. The van der Waals surface area contributed by atoms with E-state index in [1.807, 2.05) is 6.92 Å². The van der Waals surface area contributed by atoms with Gasteiger partial charge in [-0.25, -0.2) is 4.79 Å². The molecule has 150 valence electrons. The highest BCUT2D eigenvalue weighted by Crippen LogP contribution is 2.44. The number of hydrogen-bond acceptors (Lipinski definition) is 4. The fourth-order valence-corrected chi connectivity index (χ4v) is 3.63. The monoisotopic (exact) mass is 388 g/mol. The maximum Gasteiger partial charge on any atom is 0.418 e. The van der Waals surface area contributed by atoms with Crippen LogP contribution in [-0.4, -0.2) is 31.6 Å². The van der Waals surface area contributed by atoms with Gasteiger partial charge in [0.25, 0.3) is 0 Å². The summed E-state index contributed by atoms with van der Waals surface area (Å²) in [6.07, 6.45) is -2.85. The van der Waals surface area contributed by atoms with Gasteiger partial charge >= 0.3 is 11.9 Å². The summed E-state index contributed by atoms with van der Waals surface area (Å²) in [7, 11) is 0. The molecule has 1 heterocycles. The van der Waals surface area contributed by atoms with E-state index in [4.69, 9.17) is 4.74 Å². The van der Waals surface area contributed by atoms with Crippen LogP contribution in [0.15, 0.2) is 16.9 Å². The van der Waals surface area contributed by atoms with E-state index in [1.54, 1.807) is 6.92 Å². The minimum atomic E-state index is -4.70. The van der Waals surface area contributed by atoms with Crippen LogP contribution in [0.25, 0.3) is 11.0 Å². The van der Waals surface area contributed by atoms with Gasteiger partial charge in [-0.1, -0.05) is 13.3 Å². The van der Waals surface area contributed by atoms with Crippen LogP contribution in [0.1, 0.15) is 51.1 Å². The number of imidazole rings is 1. The number of unbranched alkanes of at least 4 members (excludes halogenated alkanes) is 1. The summed E-state index contributed by atoms with van der Waals surface area (Å²) in [6.45, 7) is 3.02. The topological polar surface area (TPSA) is 76.6 Å². The normalized spacial score (nSPS) is 22.9. The fourth-order valence-electron chi connectivity index (χ4n) is 3.63. The lowest BCUT2D eigenvalue weighted by molar-refractivity contribution is -0.136. The van der Waals surface area contributed by atoms with Crippen LogP contribution in [0.3, 0.4) is 0 Å². The van der Waals surface area contributed by atoms with E-state index in [0.717, 1.165) is 21.6 Å². The molecular weight excluding hydrogens is 365 g/mol. The molecule has 0 amide bonds. The van der Waals surface area contributed by atoms with Crippen molar-refractivity contribution in [2.24, 2.45) is 0 Å². The molecule has 2 aromatic rings. The molecule has 0 unspecified atom stereocenters. The Morgan fingerprint density at radius 3 is 2.52 bits per heavy atom. The predicted octanol–water partition coefficient (Wildman–Crippen LogP) is 3.04. The van der Waals surface area contributed by atoms with Crippen molar-refractivity contribution in [1.29, 1.82) is 0 Å². The maximum absolute atomic E-state index is 13.8. The molecule has 27 heavy (non-hydrogen) atoms. The average Bonchev–Trinajstić information content (AvgIpc) is 2.82. The van der Waals surface area contributed by atoms with E-state index in [1.165, 1.54) is 6.07 Å². The first-order valence-corrected chi connectivity index (χ1v) is 8.91. The van der Waals surface area contributed by atoms with Crippen molar-refractivity contribution >= 4 is 11.0 Å². The summed E-state index contributed by atoms with van der Waals surface area (Å²) < 4.78 is 48.6. The van der Waals surface area contributed by atoms with Crippen molar-refractivity contribution in [3.05, 3.63) is 28.2 Å². The largest absolute Gasteiger partial charge is 0.494 e. The zero-order chi connectivity index (χ0) is 20.0. The number of nitrogens with zero attached hydrogens (tertiary/aromatic N) is 2. The van der Waals surface area contributed by atoms with Crippen LogP contribution in [-0.2, 0) is 12.9 Å². The van der Waals surface area contributed by atoms with E-state index >= 15 is 0 Å². The highest BCUT2D eigenvalue weighted by Gasteiger charge is 2.43. The molecule has 0 bridgehead atoms. The molecule has 1 saturated carbocycles. The first-order chi connectivity index (χ1) is 12.6. The number of benzene rings is 1. The highest BCUT2D eigenvalue weighted by molar-refractivity contribution is 5.82. The third-order valence-corrected chi connectivity index (χ3v) is 4.96. The Kier molecular flexibility index (Phi) is 5.02. The Morgan fingerprint density at radius 2 is 2.00 bits per heavy atom. The zero-order valence-electron chi connectivity index (χ0n) is 15.2. The van der Waals surface area contributed by atoms with Crippen LogP contribution < -0.4 is 10.4 Å². The number of alkyl halides is 3. The summed E-state index contributed by atoms with van der Waals surface area (Å²) in [5.41, 5.74) is -3.05. The smallest absolute Gasteiger partial charge is 0.418 e. The molecule has 1 aliphatic carbocycles. The summed E-state index contributed by atoms with van der Waals surface area (Å²) in [5.74, 6) is 0.00299. The van der Waals surface area contributed by atoms with Crippen molar-refractivity contribution < 1.29 is 28.1 Å². The summed E-state index contributed by atoms with van der Waals surface area (Å²) in [5, 5.41) is 19.5. The number of aliphatic hydroxyl groups is 2. The van der Waals surface area contributed by atoms with Gasteiger partial charge in [-0.05, 0) is 32.3 Å². The molecule has 1 aromatic heterocycles. The van der Waals surface area contributed by atoms with Crippen molar-refractivity contribution in [2.45, 2.75) is 64.1 Å². The van der Waals surface area contributed by atoms with E-state index in [2.05, 4.69) is 0 Å². The Hall–Kier alpha value is -2.00. The van der Waals surface area contributed by atoms with Gasteiger partial charge in [0.05, 0.1) is 28.8 Å². The number of aromatic nitrogens is 2. The standard InChI is InChI=1S/C18H23F3N2O4/c1-3-4-5-27-12-6-13(18(19,20)21)15-14(7-12)22(10-24)16(25)23(15)11-8-17(2,26)9-11/h6-7,11,24,26H,3-5,8-10H2,1-2H3/t11-,17+. The SMILES string of the molecule is CCCCOc1cc(C(F)(F)F)c2c(c1)n(CO)c(=O)n2[C@H]1C[C@@](C)(O)C1. The van der Waals surface area contributed by atoms with Crippen LogP contribution in [0, 0.1) is 0 Å². The molecule has 0 radical (unpaired) electrons. The highest BCUT2D eigenvalue weighted by atomic mass is 19.4. The molecule has 1 aromatic carbocycles. The van der Waals surface area contributed by atoms with E-state index in [0.29, 0.717) is 6.42 Å². The first-order valence-electron chi connectivity index (χ1n) is 8.91. The third-order valence-electron chi connectivity index (χ3n) is 4.96. The lowest BCUT2D eigenvalue weighted by Gasteiger charge is -2.41. The second-order valence-corrected chi connectivity index (χ2v) is 7.32. The number of hydrogen-bond donors (Lipinski definition) is 2. The molecular formula is C18H23F3N2O4. The van der Waals surface area contributed by atoms with Gasteiger partial charge in [0.15, 0.2) is 0 Å². The summed E-state index contributed by atoms with van der Waals surface area (Å²) in [6, 6.07) is 1.69. The molecule has 2 N–H and O–H groups in total. The number of ether oxygens (including phenoxy) is 1. The molecule has 3 rings (SSSR count). The van der Waals surface area contributed by atoms with Gasteiger partial charge < -0.3 is 14.9 Å². The van der Waals surface area contributed by atoms with Crippen LogP contribution >= 0.6 is 0 Å². The molecule has 0 atom stereocenters. The minimum absolute atomic E-state index is 0.00299. The van der Waals surface area contributed by atoms with Crippen molar-refractivity contribution in [3.8, 4) is 5.75 Å². The van der Waals surface area contributed by atoms with Gasteiger partial charge in [-0.2, -0.15) is 13.2 Å². The molecule has 0 saturated heterocycles. The fraction of sp³-hybridized carbons (Fsp3) is 0.611. The minimum Gasteiger partial charge on any atom is -0.494 e. The van der Waals surface area contributed by atoms with Crippen molar-refractivity contribution in [3.63, 3.8) is 0 Å². The van der Waals surface area contributed by atoms with Crippen molar-refractivity contribution in [2.75, 3.05) is 6.61 Å². The molecule has 1 aliphatic rings. The molecule has 1 fully saturated rings. The second kappa shape index (κ2) is 6.87. The van der Waals surface area contributed by atoms with Gasteiger partial charge in [-0.3, -0.25) is 9.13 Å². The Balaban J connectivity index is 2.21. The Bertz CT molecular complexity index is 891. The summed E-state index contributed by atoms with van der Waals surface area (Å²) in [4.78, 5) is 12.7. The van der Waals surface area contributed by atoms with Gasteiger partial charge in [0.1, 0.15) is 12.5 Å². The summed E-state index contributed by atoms with van der Waals surface area (Å²) >= 11 is 0. The lowest BCUT2D eigenvalue weighted by atomic mass is 9.77. The van der Waals surface area contributed by atoms with E-state index in [-0.39, 0.29) is 36.2 Å². The van der Waals surface area contributed by atoms with Gasteiger partial charge in [-0.15, -0.1) is 0 Å². The van der Waals surface area contributed by atoms with Gasteiger partial charge in [0, 0.05) is 12.1 Å². The van der Waals surface area contributed by atoms with E-state index in [9.17, 15) is 28.2 Å². The third kappa shape index (κ3) is 3.58. The Morgan fingerprint density at radius 1 is 1.33 bits per heavy atom. The van der Waals surface area contributed by atoms with Crippen LogP contribution in [0.4, 0.5) is 13.2 Å². The Labute approximate surface area is 153 Å². The average molecular weight is 388 g/mol. The number of rotatable bonds is 6.